The van der Waals surface area contributed by atoms with Crippen molar-refractivity contribution in [2.24, 2.45) is 0 Å². The average Bonchev–Trinajstić information content (AvgIpc) is 3.04. The maximum Gasteiger partial charge on any atom is 0.227 e. The van der Waals surface area contributed by atoms with Gasteiger partial charge in [-0.3, -0.25) is 9.89 Å². The van der Waals surface area contributed by atoms with Crippen molar-refractivity contribution < 1.29 is 4.79 Å². The van der Waals surface area contributed by atoms with Crippen LogP contribution < -0.4 is 5.32 Å². The number of aromatic amines is 1. The van der Waals surface area contributed by atoms with E-state index in [9.17, 15) is 4.79 Å². The molecule has 22 heavy (non-hydrogen) atoms. The van der Waals surface area contributed by atoms with Crippen LogP contribution >= 0.6 is 11.6 Å². The lowest BCUT2D eigenvalue weighted by molar-refractivity contribution is -0.123. The molecular weight excluding hydrogens is 298 g/mol. The van der Waals surface area contributed by atoms with E-state index in [4.69, 9.17) is 11.6 Å². The van der Waals surface area contributed by atoms with Crippen molar-refractivity contribution in [3.63, 3.8) is 0 Å². The Bertz CT molecular complexity index is 703. The number of rotatable bonds is 3. The number of carbonyl (C=O) groups is 1. The molecule has 1 aromatic heterocycles. The summed E-state index contributed by atoms with van der Waals surface area (Å²) in [5, 5.41) is 11.1. The molecule has 0 bridgehead atoms. The fourth-order valence-electron chi connectivity index (χ4n) is 3.39. The number of hydrogen-bond acceptors (Lipinski definition) is 2. The number of nitrogens with one attached hydrogen (secondary N) is 2. The summed E-state index contributed by atoms with van der Waals surface area (Å²) in [5.41, 5.74) is 5.14. The van der Waals surface area contributed by atoms with Crippen molar-refractivity contribution >= 4 is 17.5 Å². The molecule has 116 valence electrons. The molecule has 1 aliphatic carbocycles. The number of halogens is 1. The Kier molecular flexibility index (Phi) is 3.96. The van der Waals surface area contributed by atoms with Crippen LogP contribution in [0, 0.1) is 13.8 Å². The molecule has 3 rings (SSSR count). The van der Waals surface area contributed by atoms with E-state index in [1.165, 1.54) is 0 Å². The van der Waals surface area contributed by atoms with E-state index in [-0.39, 0.29) is 17.9 Å². The third-order valence-corrected chi connectivity index (χ3v) is 4.90. The number of amides is 1. The predicted molar refractivity (Wildman–Crippen MR) is 87.1 cm³/mol. The van der Waals surface area contributed by atoms with Crippen molar-refractivity contribution in [2.75, 3.05) is 0 Å². The smallest absolute Gasteiger partial charge is 0.227 e. The molecule has 0 spiro atoms. The Morgan fingerprint density at radius 3 is 2.91 bits per heavy atom. The summed E-state index contributed by atoms with van der Waals surface area (Å²) < 4.78 is 0. The molecule has 2 aromatic rings. The van der Waals surface area contributed by atoms with E-state index in [2.05, 4.69) is 21.6 Å². The van der Waals surface area contributed by atoms with Gasteiger partial charge in [-0.25, -0.2) is 0 Å². The lowest BCUT2D eigenvalue weighted by atomic mass is 9.97. The molecule has 1 aliphatic rings. The Balaban J connectivity index is 1.78. The number of H-pyrrole nitrogens is 1. The van der Waals surface area contributed by atoms with Gasteiger partial charge in [0.15, 0.2) is 0 Å². The van der Waals surface area contributed by atoms with Gasteiger partial charge in [0.1, 0.15) is 0 Å². The number of benzene rings is 1. The van der Waals surface area contributed by atoms with Gasteiger partial charge in [-0.15, -0.1) is 0 Å². The van der Waals surface area contributed by atoms with Crippen LogP contribution in [0.1, 0.15) is 53.4 Å². The van der Waals surface area contributed by atoms with Crippen molar-refractivity contribution in [1.29, 1.82) is 0 Å². The van der Waals surface area contributed by atoms with Crippen LogP contribution in [0.2, 0.25) is 5.02 Å². The quantitative estimate of drug-likeness (QED) is 0.909. The minimum Gasteiger partial charge on any atom is -0.349 e. The molecule has 0 saturated heterocycles. The first-order valence-corrected chi connectivity index (χ1v) is 7.96. The minimum atomic E-state index is -0.220. The minimum absolute atomic E-state index is 0.0328. The van der Waals surface area contributed by atoms with Gasteiger partial charge < -0.3 is 5.32 Å². The highest BCUT2D eigenvalue weighted by molar-refractivity contribution is 6.31. The molecule has 0 saturated carbocycles. The normalized spacial score (nSPS) is 18.1. The van der Waals surface area contributed by atoms with Gasteiger partial charge in [0.2, 0.25) is 5.91 Å². The van der Waals surface area contributed by atoms with E-state index in [0.717, 1.165) is 45.9 Å². The van der Waals surface area contributed by atoms with E-state index in [0.29, 0.717) is 0 Å². The molecule has 0 aliphatic heterocycles. The van der Waals surface area contributed by atoms with E-state index >= 15 is 0 Å². The van der Waals surface area contributed by atoms with Crippen LogP contribution in [0.25, 0.3) is 0 Å². The standard InChI is InChI=1S/C17H20ClN3O/c1-9(16-10(2)20-21-11(16)3)17(22)19-15-8-7-12-13(15)5-4-6-14(12)18/h4-6,9,15H,7-8H2,1-3H3,(H,19,22)(H,20,21)/t9-,15+/m0/s1. The van der Waals surface area contributed by atoms with Gasteiger partial charge in [0.25, 0.3) is 0 Å². The number of aryl methyl sites for hydroxylation is 2. The maximum absolute atomic E-state index is 12.6. The lowest BCUT2D eigenvalue weighted by Gasteiger charge is -2.18. The number of nitrogens with zero attached hydrogens (tertiary/aromatic N) is 1. The van der Waals surface area contributed by atoms with Crippen molar-refractivity contribution in [3.8, 4) is 0 Å². The molecule has 1 heterocycles. The molecule has 0 fully saturated rings. The first kappa shape index (κ1) is 15.1. The third kappa shape index (κ3) is 2.52. The first-order chi connectivity index (χ1) is 10.5. The summed E-state index contributed by atoms with van der Waals surface area (Å²) in [4.78, 5) is 12.6. The Morgan fingerprint density at radius 1 is 1.45 bits per heavy atom. The summed E-state index contributed by atoms with van der Waals surface area (Å²) in [5.74, 6) is -0.188. The zero-order valence-electron chi connectivity index (χ0n) is 13.0. The fraction of sp³-hybridized carbons (Fsp3) is 0.412. The highest BCUT2D eigenvalue weighted by Gasteiger charge is 2.28. The number of fused-ring (bicyclic) bond motifs is 1. The van der Waals surface area contributed by atoms with Gasteiger partial charge in [-0.05, 0) is 50.8 Å². The number of carbonyl (C=O) groups excluding carboxylic acids is 1. The molecule has 0 unspecified atom stereocenters. The van der Waals surface area contributed by atoms with E-state index in [1.807, 2.05) is 32.9 Å². The van der Waals surface area contributed by atoms with Crippen LogP contribution in [0.3, 0.4) is 0 Å². The van der Waals surface area contributed by atoms with E-state index in [1.54, 1.807) is 0 Å². The molecule has 0 radical (unpaired) electrons. The lowest BCUT2D eigenvalue weighted by Crippen LogP contribution is -2.31. The highest BCUT2D eigenvalue weighted by Crippen LogP contribution is 2.36. The summed E-state index contributed by atoms with van der Waals surface area (Å²) in [7, 11) is 0. The largest absolute Gasteiger partial charge is 0.349 e. The monoisotopic (exact) mass is 317 g/mol. The molecule has 5 heteroatoms. The zero-order chi connectivity index (χ0) is 15.9. The van der Waals surface area contributed by atoms with Crippen LogP contribution in [0.15, 0.2) is 18.2 Å². The second-order valence-electron chi connectivity index (χ2n) is 5.98. The topological polar surface area (TPSA) is 57.8 Å². The molecule has 1 aromatic carbocycles. The SMILES string of the molecule is Cc1n[nH]c(C)c1[C@H](C)C(=O)N[C@@H]1CCc2c(Cl)cccc21. The van der Waals surface area contributed by atoms with Crippen LogP contribution in [-0.2, 0) is 11.2 Å². The molecule has 4 nitrogen and oxygen atoms in total. The number of aromatic nitrogens is 2. The van der Waals surface area contributed by atoms with Crippen LogP contribution in [0.5, 0.6) is 0 Å². The van der Waals surface area contributed by atoms with Gasteiger partial charge in [0, 0.05) is 16.3 Å². The number of hydrogen-bond donors (Lipinski definition) is 2. The van der Waals surface area contributed by atoms with E-state index < -0.39 is 0 Å². The van der Waals surface area contributed by atoms with Crippen LogP contribution in [0.4, 0.5) is 0 Å². The Labute approximate surface area is 135 Å². The maximum atomic E-state index is 12.6. The van der Waals surface area contributed by atoms with Gasteiger partial charge in [-0.1, -0.05) is 23.7 Å². The Morgan fingerprint density at radius 2 is 2.23 bits per heavy atom. The summed E-state index contributed by atoms with van der Waals surface area (Å²) in [6.07, 6.45) is 1.82. The predicted octanol–water partition coefficient (Wildman–Crippen LogP) is 3.59. The van der Waals surface area contributed by atoms with Gasteiger partial charge in [0.05, 0.1) is 17.7 Å². The second-order valence-corrected chi connectivity index (χ2v) is 6.38. The summed E-state index contributed by atoms with van der Waals surface area (Å²) in [6, 6.07) is 5.96. The summed E-state index contributed by atoms with van der Waals surface area (Å²) >= 11 is 6.23. The zero-order valence-corrected chi connectivity index (χ0v) is 13.8. The highest BCUT2D eigenvalue weighted by atomic mass is 35.5. The third-order valence-electron chi connectivity index (χ3n) is 4.54. The summed E-state index contributed by atoms with van der Waals surface area (Å²) in [6.45, 7) is 5.80. The first-order valence-electron chi connectivity index (χ1n) is 7.58. The van der Waals surface area contributed by atoms with Crippen molar-refractivity contribution in [3.05, 3.63) is 51.3 Å². The second kappa shape index (κ2) is 5.76. The molecule has 1 amide bonds. The average molecular weight is 318 g/mol. The fourth-order valence-corrected chi connectivity index (χ4v) is 3.66. The molecule has 2 atom stereocenters. The van der Waals surface area contributed by atoms with Crippen LogP contribution in [-0.4, -0.2) is 16.1 Å². The molecule has 2 N–H and O–H groups in total. The molecular formula is C17H20ClN3O. The van der Waals surface area contributed by atoms with Crippen molar-refractivity contribution in [2.45, 2.75) is 45.6 Å². The van der Waals surface area contributed by atoms with Gasteiger partial charge in [-0.2, -0.15) is 5.10 Å². The van der Waals surface area contributed by atoms with Crippen molar-refractivity contribution in [1.82, 2.24) is 15.5 Å². The Hall–Kier alpha value is -1.81. The van der Waals surface area contributed by atoms with Gasteiger partial charge >= 0.3 is 0 Å².